The maximum Gasteiger partial charge on any atom is 0.191 e. The Morgan fingerprint density at radius 1 is 1.30 bits per heavy atom. The molecule has 0 radical (unpaired) electrons. The maximum atomic E-state index is 12.2. The van der Waals surface area contributed by atoms with Gasteiger partial charge in [-0.15, -0.1) is 24.0 Å². The van der Waals surface area contributed by atoms with Crippen molar-refractivity contribution in [1.29, 1.82) is 0 Å². The minimum Gasteiger partial charge on any atom is -0.377 e. The van der Waals surface area contributed by atoms with E-state index in [1.807, 2.05) is 13.8 Å². The minimum atomic E-state index is -0.699. The number of rotatable bonds is 11. The van der Waals surface area contributed by atoms with Gasteiger partial charge >= 0.3 is 0 Å². The van der Waals surface area contributed by atoms with E-state index in [0.717, 1.165) is 56.9 Å². The number of hydrogen-bond donors (Lipinski definition) is 2. The largest absolute Gasteiger partial charge is 0.377 e. The molecule has 1 fully saturated rings. The third-order valence-corrected chi connectivity index (χ3v) is 6.46. The Morgan fingerprint density at radius 3 is 2.63 bits per heavy atom. The van der Waals surface area contributed by atoms with E-state index in [-0.39, 0.29) is 30.1 Å². The summed E-state index contributed by atoms with van der Waals surface area (Å²) in [5.41, 5.74) is 0. The van der Waals surface area contributed by atoms with E-state index >= 15 is 0 Å². The number of nitrogens with one attached hydrogen (secondary N) is 2. The van der Waals surface area contributed by atoms with Gasteiger partial charge in [0, 0.05) is 47.5 Å². The fraction of sp³-hybridized carbons (Fsp3) is 0.947. The molecule has 0 bridgehead atoms. The number of aliphatic imine (C=N–C) groups is 1. The highest BCUT2D eigenvalue weighted by Crippen LogP contribution is 2.23. The van der Waals surface area contributed by atoms with Gasteiger partial charge in [0.1, 0.15) is 0 Å². The lowest BCUT2D eigenvalue weighted by Crippen LogP contribution is -2.47. The molecule has 27 heavy (non-hydrogen) atoms. The highest BCUT2D eigenvalue weighted by Gasteiger charge is 2.26. The fourth-order valence-corrected chi connectivity index (χ4v) is 4.67. The maximum absolute atomic E-state index is 12.2. The van der Waals surface area contributed by atoms with Crippen LogP contribution in [0.15, 0.2) is 4.99 Å². The molecule has 0 saturated heterocycles. The van der Waals surface area contributed by atoms with E-state index in [1.54, 1.807) is 0 Å². The van der Waals surface area contributed by atoms with Gasteiger partial charge in [0.15, 0.2) is 5.96 Å². The van der Waals surface area contributed by atoms with Crippen molar-refractivity contribution in [2.75, 3.05) is 46.1 Å². The number of guanidine groups is 1. The Kier molecular flexibility index (Phi) is 16.0. The Hall–Kier alpha value is 0.0700. The van der Waals surface area contributed by atoms with Crippen molar-refractivity contribution in [3.05, 3.63) is 0 Å². The van der Waals surface area contributed by atoms with Crippen LogP contribution in [0.1, 0.15) is 52.9 Å². The van der Waals surface area contributed by atoms with Gasteiger partial charge in [-0.2, -0.15) is 0 Å². The molecule has 1 saturated carbocycles. The summed E-state index contributed by atoms with van der Waals surface area (Å²) in [6.07, 6.45) is 5.44. The van der Waals surface area contributed by atoms with E-state index in [0.29, 0.717) is 24.4 Å². The zero-order chi connectivity index (χ0) is 19.4. The van der Waals surface area contributed by atoms with Crippen LogP contribution < -0.4 is 10.6 Å². The van der Waals surface area contributed by atoms with Crippen molar-refractivity contribution < 1.29 is 8.95 Å². The van der Waals surface area contributed by atoms with Crippen LogP contribution in [-0.4, -0.2) is 78.6 Å². The molecule has 8 heteroatoms. The molecule has 1 aliphatic rings. The smallest absolute Gasteiger partial charge is 0.191 e. The van der Waals surface area contributed by atoms with Crippen LogP contribution in [0.4, 0.5) is 0 Å². The summed E-state index contributed by atoms with van der Waals surface area (Å²) in [5, 5.41) is 7.24. The highest BCUT2D eigenvalue weighted by atomic mass is 127. The summed E-state index contributed by atoms with van der Waals surface area (Å²) >= 11 is 0. The third-order valence-electron chi connectivity index (χ3n) is 4.72. The molecule has 6 nitrogen and oxygen atoms in total. The second-order valence-corrected chi connectivity index (χ2v) is 9.19. The first-order valence-electron chi connectivity index (χ1n) is 10.2. The Morgan fingerprint density at radius 2 is 2.04 bits per heavy atom. The summed E-state index contributed by atoms with van der Waals surface area (Å²) in [6, 6.07) is 0.356. The molecule has 1 rings (SSSR count). The van der Waals surface area contributed by atoms with Gasteiger partial charge in [-0.05, 0) is 53.6 Å². The van der Waals surface area contributed by atoms with Crippen molar-refractivity contribution in [2.24, 2.45) is 4.99 Å². The molecule has 0 aromatic heterocycles. The molecule has 162 valence electrons. The predicted molar refractivity (Wildman–Crippen MR) is 128 cm³/mol. The van der Waals surface area contributed by atoms with Gasteiger partial charge in [0.25, 0.3) is 0 Å². The van der Waals surface area contributed by atoms with Gasteiger partial charge in [0.2, 0.25) is 0 Å². The van der Waals surface area contributed by atoms with E-state index in [4.69, 9.17) is 9.73 Å². The molecule has 0 aliphatic heterocycles. The first-order chi connectivity index (χ1) is 12.5. The van der Waals surface area contributed by atoms with E-state index in [1.165, 1.54) is 0 Å². The molecule has 0 aromatic carbocycles. The number of nitrogens with zero attached hydrogens (tertiary/aromatic N) is 2. The molecule has 4 unspecified atom stereocenters. The Labute approximate surface area is 186 Å². The Balaban J connectivity index is 0.00000676. The Bertz CT molecular complexity index is 438. The van der Waals surface area contributed by atoms with Gasteiger partial charge in [-0.25, -0.2) is 0 Å². The number of ether oxygens (including phenoxy) is 1. The molecular weight excluding hydrogens is 475 g/mol. The topological polar surface area (TPSA) is 66.0 Å². The fourth-order valence-electron chi connectivity index (χ4n) is 3.32. The van der Waals surface area contributed by atoms with Crippen LogP contribution in [-0.2, 0) is 15.5 Å². The van der Waals surface area contributed by atoms with Crippen molar-refractivity contribution in [3.63, 3.8) is 0 Å². The molecule has 0 amide bonds. The first-order valence-corrected chi connectivity index (χ1v) is 11.6. The van der Waals surface area contributed by atoms with E-state index in [9.17, 15) is 4.21 Å². The quantitative estimate of drug-likeness (QED) is 0.251. The molecule has 1 aliphatic carbocycles. The molecule has 2 N–H and O–H groups in total. The van der Waals surface area contributed by atoms with Crippen LogP contribution in [0, 0.1) is 0 Å². The standard InChI is InChI=1S/C19H40N4O2S.HI/c1-6-20-19(21-15-17(25-7-2)12-13-23(4)5)22-16-10-9-11-18(14-16)26(24)8-3;/h16-18H,6-15H2,1-5H3,(H2,20,21,22);1H. The summed E-state index contributed by atoms with van der Waals surface area (Å²) in [7, 11) is 3.46. The second-order valence-electron chi connectivity index (χ2n) is 7.19. The molecule has 0 heterocycles. The van der Waals surface area contributed by atoms with Crippen molar-refractivity contribution in [1.82, 2.24) is 15.5 Å². The SMILES string of the molecule is CCNC(=NCC(CCN(C)C)OCC)NC1CCCC(S(=O)CC)C1.I. The first kappa shape index (κ1) is 27.1. The van der Waals surface area contributed by atoms with Crippen molar-refractivity contribution in [2.45, 2.75) is 70.3 Å². The average Bonchev–Trinajstić information content (AvgIpc) is 2.63. The molecular formula is C19H41IN4O2S. The van der Waals surface area contributed by atoms with Gasteiger partial charge in [0.05, 0.1) is 12.6 Å². The number of halogens is 1. The zero-order valence-electron chi connectivity index (χ0n) is 17.8. The van der Waals surface area contributed by atoms with E-state index < -0.39 is 10.8 Å². The zero-order valence-corrected chi connectivity index (χ0v) is 21.0. The highest BCUT2D eigenvalue weighted by molar-refractivity contribution is 14.0. The molecule has 0 spiro atoms. The summed E-state index contributed by atoms with van der Waals surface area (Å²) < 4.78 is 18.0. The predicted octanol–water partition coefficient (Wildman–Crippen LogP) is 2.60. The molecule has 0 aromatic rings. The lowest BCUT2D eigenvalue weighted by atomic mass is 9.95. The average molecular weight is 517 g/mol. The molecule has 4 atom stereocenters. The third kappa shape index (κ3) is 11.6. The summed E-state index contributed by atoms with van der Waals surface area (Å²) in [4.78, 5) is 6.95. The van der Waals surface area contributed by atoms with Gasteiger partial charge in [-0.3, -0.25) is 9.20 Å². The van der Waals surface area contributed by atoms with Crippen molar-refractivity contribution >= 4 is 40.7 Å². The monoisotopic (exact) mass is 516 g/mol. The van der Waals surface area contributed by atoms with Crippen LogP contribution in [0.5, 0.6) is 0 Å². The van der Waals surface area contributed by atoms with Gasteiger partial charge < -0.3 is 20.3 Å². The van der Waals surface area contributed by atoms with E-state index in [2.05, 4.69) is 36.6 Å². The lowest BCUT2D eigenvalue weighted by Gasteiger charge is -2.30. The summed E-state index contributed by atoms with van der Waals surface area (Å²) in [6.45, 7) is 9.33. The van der Waals surface area contributed by atoms with Crippen LogP contribution in [0.2, 0.25) is 0 Å². The lowest BCUT2D eigenvalue weighted by molar-refractivity contribution is 0.0582. The van der Waals surface area contributed by atoms with Gasteiger partial charge in [-0.1, -0.05) is 13.3 Å². The normalized spacial score (nSPS) is 22.8. The second kappa shape index (κ2) is 15.9. The van der Waals surface area contributed by atoms with Crippen molar-refractivity contribution in [3.8, 4) is 0 Å². The van der Waals surface area contributed by atoms with Crippen LogP contribution >= 0.6 is 24.0 Å². The minimum absolute atomic E-state index is 0. The summed E-state index contributed by atoms with van der Waals surface area (Å²) in [5.74, 6) is 1.61. The van der Waals surface area contributed by atoms with Crippen LogP contribution in [0.3, 0.4) is 0 Å². The van der Waals surface area contributed by atoms with Crippen LogP contribution in [0.25, 0.3) is 0 Å². The number of hydrogen-bond acceptors (Lipinski definition) is 4.